The number of thioether (sulfide) groups is 1. The van der Waals surface area contributed by atoms with Gasteiger partial charge in [-0.25, -0.2) is 4.98 Å². The Morgan fingerprint density at radius 2 is 1.93 bits per heavy atom. The number of halogens is 1. The highest BCUT2D eigenvalue weighted by Crippen LogP contribution is 2.24. The minimum absolute atomic E-state index is 0.0893. The molecule has 0 bridgehead atoms. The maximum absolute atomic E-state index is 12.3. The van der Waals surface area contributed by atoms with Crippen LogP contribution in [0.3, 0.4) is 0 Å². The zero-order chi connectivity index (χ0) is 20.8. The van der Waals surface area contributed by atoms with Gasteiger partial charge in [0.05, 0.1) is 30.3 Å². The van der Waals surface area contributed by atoms with Crippen molar-refractivity contribution in [2.75, 3.05) is 12.9 Å². The Bertz CT molecular complexity index is 1020. The third-order valence-electron chi connectivity index (χ3n) is 4.07. The lowest BCUT2D eigenvalue weighted by atomic mass is 10.2. The second kappa shape index (κ2) is 9.49. The van der Waals surface area contributed by atoms with Crippen molar-refractivity contribution in [3.63, 3.8) is 0 Å². The highest BCUT2D eigenvalue weighted by Gasteiger charge is 2.15. The van der Waals surface area contributed by atoms with Crippen LogP contribution in [0, 0.1) is 0 Å². The fourth-order valence-corrected chi connectivity index (χ4v) is 3.55. The molecule has 0 fully saturated rings. The summed E-state index contributed by atoms with van der Waals surface area (Å²) in [6, 6.07) is 14.5. The maximum atomic E-state index is 12.3. The van der Waals surface area contributed by atoms with Crippen molar-refractivity contribution >= 4 is 35.2 Å². The van der Waals surface area contributed by atoms with Crippen LogP contribution in [0.25, 0.3) is 11.3 Å². The molecule has 0 aliphatic rings. The average molecular weight is 431 g/mol. The number of hydrogen-bond donors (Lipinski definition) is 2. The fourth-order valence-electron chi connectivity index (χ4n) is 2.62. The highest BCUT2D eigenvalue weighted by molar-refractivity contribution is 7.99. The second-order valence-electron chi connectivity index (χ2n) is 5.99. The smallest absolute Gasteiger partial charge is 0.273 e. The van der Waals surface area contributed by atoms with Crippen LogP contribution < -0.4 is 15.6 Å². The average Bonchev–Trinajstić information content (AvgIpc) is 3.11. The standard InChI is InChI=1S/C20H19ClN4O3S/c1-25-16(13-6-4-3-5-7-13)11-22-20(25)29-12-18(26)23-24-19(27)15-10-14(21)8-9-17(15)28-2/h3-11H,12H2,1-2H3,(H,23,26)(H,24,27). The Labute approximate surface area is 177 Å². The van der Waals surface area contributed by atoms with E-state index < -0.39 is 5.91 Å². The van der Waals surface area contributed by atoms with E-state index in [9.17, 15) is 9.59 Å². The Hall–Kier alpha value is -2.97. The Morgan fingerprint density at radius 3 is 2.66 bits per heavy atom. The minimum Gasteiger partial charge on any atom is -0.496 e. The number of benzene rings is 2. The van der Waals surface area contributed by atoms with Gasteiger partial charge in [-0.05, 0) is 23.8 Å². The Kier molecular flexibility index (Phi) is 6.79. The van der Waals surface area contributed by atoms with E-state index in [0.717, 1.165) is 11.3 Å². The fraction of sp³-hybridized carbons (Fsp3) is 0.150. The molecule has 0 radical (unpaired) electrons. The number of aromatic nitrogens is 2. The van der Waals surface area contributed by atoms with E-state index >= 15 is 0 Å². The van der Waals surface area contributed by atoms with Crippen molar-refractivity contribution in [3.8, 4) is 17.0 Å². The number of carbonyl (C=O) groups is 2. The predicted octanol–water partition coefficient (Wildman–Crippen LogP) is 3.30. The normalized spacial score (nSPS) is 10.4. The predicted molar refractivity (Wildman–Crippen MR) is 113 cm³/mol. The third kappa shape index (κ3) is 5.10. The second-order valence-corrected chi connectivity index (χ2v) is 7.37. The maximum Gasteiger partial charge on any atom is 0.273 e. The van der Waals surface area contributed by atoms with Crippen LogP contribution in [-0.2, 0) is 11.8 Å². The van der Waals surface area contributed by atoms with Crippen LogP contribution in [0.5, 0.6) is 5.75 Å². The van der Waals surface area contributed by atoms with Crippen LogP contribution in [0.15, 0.2) is 59.9 Å². The number of rotatable bonds is 6. The molecule has 0 spiro atoms. The summed E-state index contributed by atoms with van der Waals surface area (Å²) < 4.78 is 7.06. The van der Waals surface area contributed by atoms with Crippen molar-refractivity contribution in [3.05, 3.63) is 65.3 Å². The summed E-state index contributed by atoms with van der Waals surface area (Å²) in [5.41, 5.74) is 6.97. The Balaban J connectivity index is 1.55. The van der Waals surface area contributed by atoms with Gasteiger partial charge in [-0.1, -0.05) is 53.7 Å². The number of ether oxygens (including phenoxy) is 1. The lowest BCUT2D eigenvalue weighted by Crippen LogP contribution is -2.42. The molecular formula is C20H19ClN4O3S. The first kappa shape index (κ1) is 20.8. The molecule has 1 heterocycles. The number of imidazole rings is 1. The largest absolute Gasteiger partial charge is 0.496 e. The van der Waals surface area contributed by atoms with Crippen molar-refractivity contribution in [2.45, 2.75) is 5.16 Å². The molecule has 0 aliphatic carbocycles. The molecule has 0 unspecified atom stereocenters. The van der Waals surface area contributed by atoms with Crippen LogP contribution in [-0.4, -0.2) is 34.2 Å². The topological polar surface area (TPSA) is 85.2 Å². The molecule has 2 amide bonds. The van der Waals surface area contributed by atoms with Gasteiger partial charge in [0, 0.05) is 12.1 Å². The quantitative estimate of drug-likeness (QED) is 0.463. The van der Waals surface area contributed by atoms with Crippen LogP contribution in [0.2, 0.25) is 5.02 Å². The number of carbonyl (C=O) groups excluding carboxylic acids is 2. The molecule has 2 N–H and O–H groups in total. The lowest BCUT2D eigenvalue weighted by molar-refractivity contribution is -0.119. The van der Waals surface area contributed by atoms with Gasteiger partial charge in [-0.15, -0.1) is 0 Å². The monoisotopic (exact) mass is 430 g/mol. The first-order valence-electron chi connectivity index (χ1n) is 8.62. The Morgan fingerprint density at radius 1 is 1.17 bits per heavy atom. The molecule has 3 rings (SSSR count). The molecule has 7 nitrogen and oxygen atoms in total. The number of nitrogens with one attached hydrogen (secondary N) is 2. The van der Waals surface area contributed by atoms with E-state index in [1.807, 2.05) is 41.9 Å². The van der Waals surface area contributed by atoms with Crippen molar-refractivity contribution < 1.29 is 14.3 Å². The van der Waals surface area contributed by atoms with E-state index in [2.05, 4.69) is 15.8 Å². The van der Waals surface area contributed by atoms with Gasteiger partial charge in [0.2, 0.25) is 5.91 Å². The summed E-state index contributed by atoms with van der Waals surface area (Å²) in [7, 11) is 3.34. The van der Waals surface area contributed by atoms with Gasteiger partial charge in [0.1, 0.15) is 5.75 Å². The highest BCUT2D eigenvalue weighted by atomic mass is 35.5. The molecule has 29 heavy (non-hydrogen) atoms. The zero-order valence-electron chi connectivity index (χ0n) is 15.8. The van der Waals surface area contributed by atoms with Crippen molar-refractivity contribution in [1.29, 1.82) is 0 Å². The minimum atomic E-state index is -0.522. The van der Waals surface area contributed by atoms with Gasteiger partial charge < -0.3 is 9.30 Å². The summed E-state index contributed by atoms with van der Waals surface area (Å²) in [5, 5.41) is 1.09. The van der Waals surface area contributed by atoms with Crippen LogP contribution in [0.4, 0.5) is 0 Å². The first-order chi connectivity index (χ1) is 14.0. The van der Waals surface area contributed by atoms with Gasteiger partial charge in [-0.2, -0.15) is 0 Å². The lowest BCUT2D eigenvalue weighted by Gasteiger charge is -2.11. The molecule has 9 heteroatoms. The van der Waals surface area contributed by atoms with E-state index in [0.29, 0.717) is 15.9 Å². The summed E-state index contributed by atoms with van der Waals surface area (Å²) in [6.07, 6.45) is 1.77. The number of hydrogen-bond acceptors (Lipinski definition) is 5. The third-order valence-corrected chi connectivity index (χ3v) is 5.35. The number of hydrazine groups is 1. The van der Waals surface area contributed by atoms with Crippen LogP contribution >= 0.6 is 23.4 Å². The molecule has 0 saturated carbocycles. The van der Waals surface area contributed by atoms with Gasteiger partial charge in [0.25, 0.3) is 5.91 Å². The first-order valence-corrected chi connectivity index (χ1v) is 9.98. The number of methoxy groups -OCH3 is 1. The SMILES string of the molecule is COc1ccc(Cl)cc1C(=O)NNC(=O)CSc1ncc(-c2ccccc2)n1C. The summed E-state index contributed by atoms with van der Waals surface area (Å²) >= 11 is 7.19. The molecule has 0 saturated heterocycles. The van der Waals surface area contributed by atoms with E-state index in [4.69, 9.17) is 16.3 Å². The van der Waals surface area contributed by atoms with Gasteiger partial charge in [0.15, 0.2) is 5.16 Å². The van der Waals surface area contributed by atoms with E-state index in [-0.39, 0.29) is 17.2 Å². The molecule has 0 aliphatic heterocycles. The molecule has 2 aromatic carbocycles. The zero-order valence-corrected chi connectivity index (χ0v) is 17.4. The molecular weight excluding hydrogens is 412 g/mol. The van der Waals surface area contributed by atoms with E-state index in [1.165, 1.54) is 24.9 Å². The van der Waals surface area contributed by atoms with Gasteiger partial charge in [-0.3, -0.25) is 20.4 Å². The molecule has 0 atom stereocenters. The van der Waals surface area contributed by atoms with Crippen molar-refractivity contribution in [2.24, 2.45) is 7.05 Å². The van der Waals surface area contributed by atoms with Crippen molar-refractivity contribution in [1.82, 2.24) is 20.4 Å². The summed E-state index contributed by atoms with van der Waals surface area (Å²) in [6.45, 7) is 0. The molecule has 150 valence electrons. The van der Waals surface area contributed by atoms with Gasteiger partial charge >= 0.3 is 0 Å². The number of amides is 2. The summed E-state index contributed by atoms with van der Waals surface area (Å²) in [4.78, 5) is 28.8. The molecule has 1 aromatic heterocycles. The summed E-state index contributed by atoms with van der Waals surface area (Å²) in [5.74, 6) is -0.442. The van der Waals surface area contributed by atoms with Crippen LogP contribution in [0.1, 0.15) is 10.4 Å². The number of nitrogens with zero attached hydrogens (tertiary/aromatic N) is 2. The van der Waals surface area contributed by atoms with E-state index in [1.54, 1.807) is 18.3 Å². The molecule has 3 aromatic rings.